The van der Waals surface area contributed by atoms with Crippen LogP contribution < -0.4 is 10.0 Å². The minimum absolute atomic E-state index is 0.115. The first-order valence-corrected chi connectivity index (χ1v) is 10.2. The number of nitrogens with one attached hydrogen (secondary N) is 2. The van der Waals surface area contributed by atoms with Crippen LogP contribution in [0.15, 0.2) is 57.9 Å². The molecule has 2 aromatic rings. The number of hydrogen-bond acceptors (Lipinski definition) is 3. The molecule has 0 aromatic heterocycles. The molecule has 7 heteroatoms. The lowest BCUT2D eigenvalue weighted by Crippen LogP contribution is -2.30. The number of amides is 1. The van der Waals surface area contributed by atoms with Crippen molar-refractivity contribution in [3.8, 4) is 0 Å². The number of aryl methyl sites for hydroxylation is 1. The second kappa shape index (κ2) is 8.60. The van der Waals surface area contributed by atoms with Gasteiger partial charge in [-0.25, -0.2) is 13.1 Å². The van der Waals surface area contributed by atoms with Crippen LogP contribution in [-0.2, 0) is 21.2 Å². The molecule has 0 radical (unpaired) electrons. The molecule has 0 bridgehead atoms. The van der Waals surface area contributed by atoms with Crippen molar-refractivity contribution in [2.24, 2.45) is 0 Å². The fraction of sp³-hybridized carbons (Fsp3) is 0.278. The zero-order chi connectivity index (χ0) is 18.4. The van der Waals surface area contributed by atoms with E-state index in [4.69, 9.17) is 0 Å². The third-order valence-electron chi connectivity index (χ3n) is 3.37. The Balaban J connectivity index is 1.93. The first kappa shape index (κ1) is 19.6. The van der Waals surface area contributed by atoms with Crippen LogP contribution in [0.4, 0.5) is 5.69 Å². The van der Waals surface area contributed by atoms with Gasteiger partial charge >= 0.3 is 0 Å². The van der Waals surface area contributed by atoms with Gasteiger partial charge in [0.05, 0.1) is 4.90 Å². The highest BCUT2D eigenvalue weighted by Gasteiger charge is 2.15. The van der Waals surface area contributed by atoms with Crippen LogP contribution in [0, 0.1) is 0 Å². The number of benzene rings is 2. The zero-order valence-electron chi connectivity index (χ0n) is 14.1. The van der Waals surface area contributed by atoms with Gasteiger partial charge in [0.2, 0.25) is 15.9 Å². The first-order chi connectivity index (χ1) is 11.8. The second-order valence-electron chi connectivity index (χ2n) is 5.98. The number of anilines is 1. The molecule has 0 heterocycles. The van der Waals surface area contributed by atoms with E-state index >= 15 is 0 Å². The van der Waals surface area contributed by atoms with Crippen molar-refractivity contribution in [1.29, 1.82) is 0 Å². The van der Waals surface area contributed by atoms with Crippen LogP contribution in [-0.4, -0.2) is 20.4 Å². The fourth-order valence-corrected chi connectivity index (χ4v) is 3.97. The van der Waals surface area contributed by atoms with Gasteiger partial charge in [-0.2, -0.15) is 0 Å². The van der Waals surface area contributed by atoms with E-state index in [1.807, 2.05) is 24.3 Å². The molecule has 0 aliphatic rings. The van der Waals surface area contributed by atoms with Crippen molar-refractivity contribution in [3.05, 3.63) is 58.6 Å². The highest BCUT2D eigenvalue weighted by molar-refractivity contribution is 9.10. The molecule has 25 heavy (non-hydrogen) atoms. The molecule has 2 rings (SSSR count). The van der Waals surface area contributed by atoms with Crippen LogP contribution in [0.3, 0.4) is 0 Å². The first-order valence-electron chi connectivity index (χ1n) is 7.93. The monoisotopic (exact) mass is 424 g/mol. The smallest absolute Gasteiger partial charge is 0.240 e. The van der Waals surface area contributed by atoms with Gasteiger partial charge in [-0.1, -0.05) is 28.1 Å². The number of hydrogen-bond donors (Lipinski definition) is 2. The summed E-state index contributed by atoms with van der Waals surface area (Å²) in [5.41, 5.74) is 1.65. The Labute approximate surface area is 157 Å². The molecule has 0 saturated heterocycles. The summed E-state index contributed by atoms with van der Waals surface area (Å²) in [6.07, 6.45) is 0.988. The summed E-state index contributed by atoms with van der Waals surface area (Å²) < 4.78 is 27.6. The van der Waals surface area contributed by atoms with E-state index < -0.39 is 10.0 Å². The maximum absolute atomic E-state index is 12.1. The van der Waals surface area contributed by atoms with E-state index in [1.54, 1.807) is 26.0 Å². The molecular weight excluding hydrogens is 404 g/mol. The average molecular weight is 425 g/mol. The maximum Gasteiger partial charge on any atom is 0.240 e. The van der Waals surface area contributed by atoms with Gasteiger partial charge in [-0.3, -0.25) is 4.79 Å². The molecule has 0 unspecified atom stereocenters. The number of carbonyl (C=O) groups excluding carboxylic acids is 1. The van der Waals surface area contributed by atoms with E-state index in [2.05, 4.69) is 26.0 Å². The lowest BCUT2D eigenvalue weighted by molar-refractivity contribution is -0.116. The Hall–Kier alpha value is -1.70. The van der Waals surface area contributed by atoms with Crippen molar-refractivity contribution in [1.82, 2.24) is 4.72 Å². The quantitative estimate of drug-likeness (QED) is 0.710. The average Bonchev–Trinajstić information content (AvgIpc) is 2.52. The standard InChI is InChI=1S/C18H21BrN2O3S/c1-13(2)21-25(23,24)17-9-7-16(8-10-17)20-18(22)11-6-14-4-3-5-15(19)12-14/h3-5,7-10,12-13,21H,6,11H2,1-2H3,(H,20,22). The molecule has 2 aromatic carbocycles. The lowest BCUT2D eigenvalue weighted by atomic mass is 10.1. The van der Waals surface area contributed by atoms with Gasteiger partial charge in [0.1, 0.15) is 0 Å². The molecule has 1 amide bonds. The number of halogens is 1. The number of carbonyl (C=O) groups is 1. The predicted octanol–water partition coefficient (Wildman–Crippen LogP) is 3.71. The van der Waals surface area contributed by atoms with Crippen LogP contribution in [0.25, 0.3) is 0 Å². The normalized spacial score (nSPS) is 11.5. The Kier molecular flexibility index (Phi) is 6.75. The Morgan fingerprint density at radius 1 is 1.12 bits per heavy atom. The van der Waals surface area contributed by atoms with Crippen LogP contribution in [0.1, 0.15) is 25.8 Å². The minimum atomic E-state index is -3.52. The molecular formula is C18H21BrN2O3S. The molecule has 2 N–H and O–H groups in total. The van der Waals surface area contributed by atoms with Crippen molar-refractivity contribution in [2.75, 3.05) is 5.32 Å². The summed E-state index contributed by atoms with van der Waals surface area (Å²) in [6.45, 7) is 3.52. The summed E-state index contributed by atoms with van der Waals surface area (Å²) in [6, 6.07) is 13.8. The molecule has 0 fully saturated rings. The predicted molar refractivity (Wildman–Crippen MR) is 103 cm³/mol. The molecule has 0 spiro atoms. The summed E-state index contributed by atoms with van der Waals surface area (Å²) in [5.74, 6) is -0.115. The molecule has 0 atom stereocenters. The number of sulfonamides is 1. The Morgan fingerprint density at radius 2 is 1.80 bits per heavy atom. The molecule has 5 nitrogen and oxygen atoms in total. The van der Waals surface area contributed by atoms with Crippen LogP contribution in [0.2, 0.25) is 0 Å². The highest BCUT2D eigenvalue weighted by Crippen LogP contribution is 2.16. The Morgan fingerprint density at radius 3 is 2.40 bits per heavy atom. The topological polar surface area (TPSA) is 75.3 Å². The van der Waals surface area contributed by atoms with Gasteiger partial charge in [0.25, 0.3) is 0 Å². The second-order valence-corrected chi connectivity index (χ2v) is 8.61. The van der Waals surface area contributed by atoms with Crippen molar-refractivity contribution < 1.29 is 13.2 Å². The van der Waals surface area contributed by atoms with Gasteiger partial charge < -0.3 is 5.32 Å². The molecule has 134 valence electrons. The van der Waals surface area contributed by atoms with Gasteiger partial charge in [0, 0.05) is 22.6 Å². The molecule has 0 saturated carbocycles. The van der Waals surface area contributed by atoms with Gasteiger partial charge in [-0.05, 0) is 62.2 Å². The molecule has 0 aliphatic carbocycles. The van der Waals surface area contributed by atoms with E-state index in [0.29, 0.717) is 18.5 Å². The largest absolute Gasteiger partial charge is 0.326 e. The third-order valence-corrected chi connectivity index (χ3v) is 5.54. The van der Waals surface area contributed by atoms with E-state index in [9.17, 15) is 13.2 Å². The highest BCUT2D eigenvalue weighted by atomic mass is 79.9. The zero-order valence-corrected chi connectivity index (χ0v) is 16.5. The third kappa shape index (κ3) is 6.26. The van der Waals surface area contributed by atoms with E-state index in [-0.39, 0.29) is 16.8 Å². The minimum Gasteiger partial charge on any atom is -0.326 e. The van der Waals surface area contributed by atoms with E-state index in [1.165, 1.54) is 12.1 Å². The van der Waals surface area contributed by atoms with Crippen molar-refractivity contribution in [3.63, 3.8) is 0 Å². The maximum atomic E-state index is 12.1. The fourth-order valence-electron chi connectivity index (χ4n) is 2.27. The van der Waals surface area contributed by atoms with Crippen LogP contribution in [0.5, 0.6) is 0 Å². The van der Waals surface area contributed by atoms with Gasteiger partial charge in [-0.15, -0.1) is 0 Å². The number of rotatable bonds is 7. The molecule has 0 aliphatic heterocycles. The van der Waals surface area contributed by atoms with Crippen LogP contribution >= 0.6 is 15.9 Å². The van der Waals surface area contributed by atoms with E-state index in [0.717, 1.165) is 10.0 Å². The Bertz CT molecular complexity index is 834. The SMILES string of the molecule is CC(C)NS(=O)(=O)c1ccc(NC(=O)CCc2cccc(Br)c2)cc1. The van der Waals surface area contributed by atoms with Crippen molar-refractivity contribution in [2.45, 2.75) is 37.6 Å². The lowest BCUT2D eigenvalue weighted by Gasteiger charge is -2.10. The van der Waals surface area contributed by atoms with Crippen molar-refractivity contribution >= 4 is 37.5 Å². The summed E-state index contributed by atoms with van der Waals surface area (Å²) in [4.78, 5) is 12.2. The summed E-state index contributed by atoms with van der Waals surface area (Å²) in [7, 11) is -3.52. The summed E-state index contributed by atoms with van der Waals surface area (Å²) in [5, 5.41) is 2.78. The summed E-state index contributed by atoms with van der Waals surface area (Å²) >= 11 is 3.41. The van der Waals surface area contributed by atoms with Gasteiger partial charge in [0.15, 0.2) is 0 Å².